The molecule has 0 amide bonds. The van der Waals surface area contributed by atoms with Crippen LogP contribution in [0.4, 0.5) is 0 Å². The minimum atomic E-state index is -3.62. The van der Waals surface area contributed by atoms with E-state index in [1.807, 2.05) is 0 Å². The molecular weight excluding hydrogens is 316 g/mol. The Hall–Kier alpha value is -0.990. The molecule has 2 rings (SSSR count). The van der Waals surface area contributed by atoms with Crippen LogP contribution in [-0.2, 0) is 14.8 Å². The molecule has 1 aliphatic heterocycles. The number of nitrogens with two attached hydrogens (primary N) is 1. The van der Waals surface area contributed by atoms with Crippen LogP contribution in [-0.4, -0.2) is 50.9 Å². The van der Waals surface area contributed by atoms with Gasteiger partial charge in [0.2, 0.25) is 10.0 Å². The maximum atomic E-state index is 12.5. The van der Waals surface area contributed by atoms with Gasteiger partial charge in [0, 0.05) is 25.2 Å². The molecule has 0 aliphatic carbocycles. The predicted molar refractivity (Wildman–Crippen MR) is 81.2 cm³/mol. The molecule has 1 unspecified atom stereocenters. The minimum Gasteiger partial charge on any atom is -0.374 e. The maximum absolute atomic E-state index is 12.5. The van der Waals surface area contributed by atoms with Gasteiger partial charge in [-0.3, -0.25) is 4.79 Å². The Morgan fingerprint density at radius 1 is 1.48 bits per heavy atom. The summed E-state index contributed by atoms with van der Waals surface area (Å²) in [7, 11) is -3.62. The average molecular weight is 335 g/mol. The lowest BCUT2D eigenvalue weighted by Gasteiger charge is -2.31. The van der Waals surface area contributed by atoms with Crippen LogP contribution in [0.15, 0.2) is 29.2 Å². The van der Waals surface area contributed by atoms with Gasteiger partial charge in [-0.15, -0.1) is 12.4 Å². The summed E-state index contributed by atoms with van der Waals surface area (Å²) >= 11 is 0. The summed E-state index contributed by atoms with van der Waals surface area (Å²) in [4.78, 5) is 11.5. The number of carbonyl (C=O) groups excluding carboxylic acids is 1. The molecule has 1 aliphatic rings. The van der Waals surface area contributed by atoms with Crippen molar-refractivity contribution < 1.29 is 17.9 Å². The maximum Gasteiger partial charge on any atom is 0.243 e. The second-order valence-electron chi connectivity index (χ2n) is 4.68. The topological polar surface area (TPSA) is 89.7 Å². The van der Waals surface area contributed by atoms with Gasteiger partial charge >= 0.3 is 0 Å². The zero-order chi connectivity index (χ0) is 14.8. The molecule has 0 aromatic heterocycles. The molecule has 6 nitrogen and oxygen atoms in total. The summed E-state index contributed by atoms with van der Waals surface area (Å²) in [5, 5.41) is 0. The van der Waals surface area contributed by atoms with Crippen molar-refractivity contribution in [3.63, 3.8) is 0 Å². The van der Waals surface area contributed by atoms with E-state index in [2.05, 4.69) is 0 Å². The van der Waals surface area contributed by atoms with Crippen LogP contribution in [0.1, 0.15) is 17.3 Å². The lowest BCUT2D eigenvalue weighted by molar-refractivity contribution is 0.00450. The van der Waals surface area contributed by atoms with E-state index in [4.69, 9.17) is 10.5 Å². The third-order valence-electron chi connectivity index (χ3n) is 3.24. The molecule has 8 heteroatoms. The number of hydrogen-bond acceptors (Lipinski definition) is 5. The summed E-state index contributed by atoms with van der Waals surface area (Å²) in [5.41, 5.74) is 5.90. The minimum absolute atomic E-state index is 0. The van der Waals surface area contributed by atoms with Crippen LogP contribution >= 0.6 is 12.4 Å². The SMILES string of the molecule is CC(=O)c1cccc(S(=O)(=O)N2CCOC(CN)C2)c1.Cl. The van der Waals surface area contributed by atoms with Gasteiger partial charge in [-0.25, -0.2) is 8.42 Å². The summed E-state index contributed by atoms with van der Waals surface area (Å²) in [5.74, 6) is -0.163. The van der Waals surface area contributed by atoms with E-state index in [1.54, 1.807) is 12.1 Å². The Morgan fingerprint density at radius 2 is 2.19 bits per heavy atom. The van der Waals surface area contributed by atoms with Gasteiger partial charge in [0.15, 0.2) is 5.78 Å². The van der Waals surface area contributed by atoms with E-state index < -0.39 is 10.0 Å². The van der Waals surface area contributed by atoms with Gasteiger partial charge < -0.3 is 10.5 Å². The third-order valence-corrected chi connectivity index (χ3v) is 5.10. The third kappa shape index (κ3) is 4.02. The lowest BCUT2D eigenvalue weighted by Crippen LogP contribution is -2.48. The number of rotatable bonds is 4. The molecule has 1 aromatic rings. The summed E-state index contributed by atoms with van der Waals surface area (Å²) in [6.45, 7) is 2.55. The number of carbonyl (C=O) groups is 1. The summed E-state index contributed by atoms with van der Waals surface area (Å²) < 4.78 is 31.8. The first-order chi connectivity index (χ1) is 9.45. The molecule has 0 radical (unpaired) electrons. The molecule has 118 valence electrons. The molecule has 1 heterocycles. The predicted octanol–water partition coefficient (Wildman–Crippen LogP) is 0.659. The number of halogens is 1. The average Bonchev–Trinajstić information content (AvgIpc) is 2.47. The number of ether oxygens (including phenoxy) is 1. The Bertz CT molecular complexity index is 606. The summed E-state index contributed by atoms with van der Waals surface area (Å²) in [6.07, 6.45) is -0.283. The molecular formula is C13H19ClN2O4S. The largest absolute Gasteiger partial charge is 0.374 e. The molecule has 1 atom stereocenters. The number of benzene rings is 1. The quantitative estimate of drug-likeness (QED) is 0.817. The van der Waals surface area contributed by atoms with Crippen molar-refractivity contribution in [2.75, 3.05) is 26.2 Å². The smallest absolute Gasteiger partial charge is 0.243 e. The standard InChI is InChI=1S/C13H18N2O4S.ClH/c1-10(16)11-3-2-4-13(7-11)20(17,18)15-5-6-19-12(8-14)9-15;/h2-4,7,12H,5-6,8-9,14H2,1H3;1H. The van der Waals surface area contributed by atoms with E-state index in [0.717, 1.165) is 0 Å². The zero-order valence-corrected chi connectivity index (χ0v) is 13.3. The van der Waals surface area contributed by atoms with Gasteiger partial charge in [0.25, 0.3) is 0 Å². The van der Waals surface area contributed by atoms with Gasteiger partial charge in [-0.05, 0) is 19.1 Å². The highest BCUT2D eigenvalue weighted by Crippen LogP contribution is 2.19. The van der Waals surface area contributed by atoms with Crippen molar-refractivity contribution >= 4 is 28.2 Å². The van der Waals surface area contributed by atoms with Crippen molar-refractivity contribution in [3.05, 3.63) is 29.8 Å². The fourth-order valence-electron chi connectivity index (χ4n) is 2.08. The highest BCUT2D eigenvalue weighted by molar-refractivity contribution is 7.89. The van der Waals surface area contributed by atoms with E-state index in [9.17, 15) is 13.2 Å². The van der Waals surface area contributed by atoms with Gasteiger partial charge in [0.1, 0.15) is 0 Å². The van der Waals surface area contributed by atoms with Gasteiger partial charge in [0.05, 0.1) is 17.6 Å². The van der Waals surface area contributed by atoms with Gasteiger partial charge in [-0.1, -0.05) is 12.1 Å². The number of sulfonamides is 1. The van der Waals surface area contributed by atoms with Crippen LogP contribution in [0.25, 0.3) is 0 Å². The van der Waals surface area contributed by atoms with Crippen molar-refractivity contribution in [2.24, 2.45) is 5.73 Å². The number of morpholine rings is 1. The molecule has 1 fully saturated rings. The molecule has 1 aromatic carbocycles. The number of hydrogen-bond donors (Lipinski definition) is 1. The van der Waals surface area contributed by atoms with E-state index >= 15 is 0 Å². The monoisotopic (exact) mass is 334 g/mol. The first-order valence-electron chi connectivity index (χ1n) is 6.38. The number of nitrogens with zero attached hydrogens (tertiary/aromatic N) is 1. The Kier molecular flexibility index (Phi) is 6.30. The van der Waals surface area contributed by atoms with Crippen molar-refractivity contribution in [2.45, 2.75) is 17.9 Å². The molecule has 1 saturated heterocycles. The Morgan fingerprint density at radius 3 is 2.81 bits per heavy atom. The molecule has 0 bridgehead atoms. The van der Waals surface area contributed by atoms with E-state index in [-0.39, 0.29) is 42.3 Å². The number of ketones is 1. The second-order valence-corrected chi connectivity index (χ2v) is 6.61. The van der Waals surface area contributed by atoms with Crippen LogP contribution in [0.3, 0.4) is 0 Å². The van der Waals surface area contributed by atoms with Crippen LogP contribution in [0.2, 0.25) is 0 Å². The normalized spacial score (nSPS) is 19.8. The first kappa shape index (κ1) is 18.1. The Balaban J connectivity index is 0.00000220. The van der Waals surface area contributed by atoms with Crippen LogP contribution < -0.4 is 5.73 Å². The molecule has 0 saturated carbocycles. The van der Waals surface area contributed by atoms with Crippen molar-refractivity contribution in [3.8, 4) is 0 Å². The second kappa shape index (κ2) is 7.33. The molecule has 0 spiro atoms. The lowest BCUT2D eigenvalue weighted by atomic mass is 10.2. The fourth-order valence-corrected chi connectivity index (χ4v) is 3.58. The summed E-state index contributed by atoms with van der Waals surface area (Å²) in [6, 6.07) is 6.08. The van der Waals surface area contributed by atoms with E-state index in [1.165, 1.54) is 23.4 Å². The van der Waals surface area contributed by atoms with Crippen molar-refractivity contribution in [1.82, 2.24) is 4.31 Å². The van der Waals surface area contributed by atoms with Crippen LogP contribution in [0, 0.1) is 0 Å². The van der Waals surface area contributed by atoms with Crippen LogP contribution in [0.5, 0.6) is 0 Å². The fraction of sp³-hybridized carbons (Fsp3) is 0.462. The highest BCUT2D eigenvalue weighted by atomic mass is 35.5. The number of Topliss-reactive ketones (excluding diaryl/α,β-unsaturated/α-hetero) is 1. The first-order valence-corrected chi connectivity index (χ1v) is 7.82. The Labute approximate surface area is 130 Å². The zero-order valence-electron chi connectivity index (χ0n) is 11.7. The highest BCUT2D eigenvalue weighted by Gasteiger charge is 2.30. The van der Waals surface area contributed by atoms with Gasteiger partial charge in [-0.2, -0.15) is 4.31 Å². The molecule has 2 N–H and O–H groups in total. The van der Waals surface area contributed by atoms with Crippen molar-refractivity contribution in [1.29, 1.82) is 0 Å². The molecule has 21 heavy (non-hydrogen) atoms. The van der Waals surface area contributed by atoms with E-state index in [0.29, 0.717) is 18.7 Å².